The maximum Gasteiger partial charge on any atom is 0.338 e. The Hall–Kier alpha value is -6.03. The normalized spacial score (nSPS) is 14.1. The maximum absolute atomic E-state index is 14.2. The number of nitrogens with zero attached hydrogens (tertiary/aromatic N) is 4. The molecule has 266 valence electrons. The van der Waals surface area contributed by atoms with Crippen LogP contribution < -0.4 is 33.8 Å². The monoisotopic (exact) mass is 718 g/mol. The molecule has 1 aliphatic heterocycles. The van der Waals surface area contributed by atoms with Gasteiger partial charge >= 0.3 is 11.7 Å². The third kappa shape index (κ3) is 7.60. The molecule has 0 bridgehead atoms. The minimum Gasteiger partial charge on any atom is -0.493 e. The number of thiazole rings is 1. The molecule has 16 heteroatoms. The van der Waals surface area contributed by atoms with E-state index in [0.717, 1.165) is 29.5 Å². The highest BCUT2D eigenvalue weighted by Crippen LogP contribution is 2.39. The van der Waals surface area contributed by atoms with Crippen LogP contribution in [0.1, 0.15) is 51.8 Å². The fourth-order valence-corrected chi connectivity index (χ4v) is 6.44. The van der Waals surface area contributed by atoms with E-state index in [1.807, 2.05) is 13.8 Å². The van der Waals surface area contributed by atoms with Crippen molar-refractivity contribution < 1.29 is 38.3 Å². The Balaban J connectivity index is 1.61. The van der Waals surface area contributed by atoms with Crippen molar-refractivity contribution in [2.45, 2.75) is 46.8 Å². The predicted octanol–water partition coefficient (Wildman–Crippen LogP) is 5.60. The highest BCUT2D eigenvalue weighted by Gasteiger charge is 2.34. The molecule has 0 spiro atoms. The van der Waals surface area contributed by atoms with Crippen molar-refractivity contribution >= 4 is 34.8 Å². The molecule has 0 N–H and O–H groups in total. The second-order valence-corrected chi connectivity index (χ2v) is 12.3. The smallest absolute Gasteiger partial charge is 0.338 e. The number of esters is 1. The van der Waals surface area contributed by atoms with Crippen molar-refractivity contribution in [2.24, 2.45) is 4.99 Å². The molecule has 1 atom stereocenters. The van der Waals surface area contributed by atoms with Gasteiger partial charge in [-0.1, -0.05) is 23.5 Å². The number of non-ortho nitro benzene ring substituents is 1. The van der Waals surface area contributed by atoms with Gasteiger partial charge in [0.1, 0.15) is 0 Å². The van der Waals surface area contributed by atoms with Crippen molar-refractivity contribution in [3.05, 3.63) is 117 Å². The summed E-state index contributed by atoms with van der Waals surface area (Å²) in [6.07, 6.45) is 1.51. The topological polar surface area (TPSA) is 184 Å². The van der Waals surface area contributed by atoms with Crippen LogP contribution in [-0.2, 0) is 9.53 Å². The van der Waals surface area contributed by atoms with Gasteiger partial charge in [0.05, 0.1) is 64.2 Å². The van der Waals surface area contributed by atoms with E-state index in [0.29, 0.717) is 37.7 Å². The van der Waals surface area contributed by atoms with E-state index < -0.39 is 38.8 Å². The number of fused-ring (bicyclic) bond motifs is 1. The lowest BCUT2D eigenvalue weighted by molar-refractivity contribution is -0.394. The molecule has 5 rings (SSSR count). The van der Waals surface area contributed by atoms with Crippen LogP contribution in [0.2, 0.25) is 0 Å². The van der Waals surface area contributed by atoms with Crippen LogP contribution in [0.25, 0.3) is 6.08 Å². The summed E-state index contributed by atoms with van der Waals surface area (Å²) in [5.41, 5.74) is 0.239. The van der Waals surface area contributed by atoms with E-state index in [1.54, 1.807) is 57.2 Å². The largest absolute Gasteiger partial charge is 0.493 e. The summed E-state index contributed by atoms with van der Waals surface area (Å²) in [7, 11) is 1.51. The summed E-state index contributed by atoms with van der Waals surface area (Å²) in [5, 5.41) is 22.8. The van der Waals surface area contributed by atoms with Crippen molar-refractivity contribution in [3.8, 4) is 28.7 Å². The molecular weight excluding hydrogens is 684 g/mol. The van der Waals surface area contributed by atoms with Gasteiger partial charge in [-0.2, -0.15) is 0 Å². The lowest BCUT2D eigenvalue weighted by Gasteiger charge is -2.25. The Labute approximate surface area is 294 Å². The summed E-state index contributed by atoms with van der Waals surface area (Å²) in [5.74, 6) is 0.418. The van der Waals surface area contributed by atoms with Crippen LogP contribution in [0, 0.1) is 20.2 Å². The number of allylic oxidation sites excluding steroid dienone is 1. The summed E-state index contributed by atoms with van der Waals surface area (Å²) in [4.78, 5) is 53.8. The molecule has 0 radical (unpaired) electrons. The number of rotatable bonds is 13. The third-order valence-electron chi connectivity index (χ3n) is 7.52. The second-order valence-electron chi connectivity index (χ2n) is 11.3. The van der Waals surface area contributed by atoms with Crippen LogP contribution in [0.3, 0.4) is 0 Å². The maximum atomic E-state index is 14.2. The third-order valence-corrected chi connectivity index (χ3v) is 8.50. The Morgan fingerprint density at radius 2 is 1.69 bits per heavy atom. The summed E-state index contributed by atoms with van der Waals surface area (Å²) in [6.45, 7) is 9.23. The first-order chi connectivity index (χ1) is 24.4. The summed E-state index contributed by atoms with van der Waals surface area (Å²) in [6, 6.07) is 12.1. The zero-order valence-corrected chi connectivity index (χ0v) is 29.3. The van der Waals surface area contributed by atoms with E-state index >= 15 is 0 Å². The Morgan fingerprint density at radius 3 is 2.33 bits per heavy atom. The lowest BCUT2D eigenvalue weighted by atomic mass is 9.95. The molecule has 15 nitrogen and oxygen atoms in total. The molecule has 4 aromatic rings. The SMILES string of the molecule is CCOC(=O)C1=C(C)N=c2s/c(=C/c3ccc(Oc4ccc([N+](=O)[O-])cc4[N+](=O)[O-])c(OCC)c3)c(=O)n2[C@H]1c1ccc(OC(C)C)c(OC)c1. The average Bonchev–Trinajstić information content (AvgIpc) is 3.38. The number of benzene rings is 3. The fraction of sp³-hybridized carbons (Fsp3) is 0.286. The number of nitro groups is 2. The average molecular weight is 719 g/mol. The van der Waals surface area contributed by atoms with Gasteiger partial charge in [-0.15, -0.1) is 0 Å². The first kappa shape index (κ1) is 36.3. The molecule has 3 aromatic carbocycles. The highest BCUT2D eigenvalue weighted by molar-refractivity contribution is 7.07. The molecule has 0 unspecified atom stereocenters. The van der Waals surface area contributed by atoms with Gasteiger partial charge in [0.2, 0.25) is 5.75 Å². The molecule has 0 saturated heterocycles. The number of carbonyl (C=O) groups is 1. The van der Waals surface area contributed by atoms with E-state index in [9.17, 15) is 29.8 Å². The highest BCUT2D eigenvalue weighted by atomic mass is 32.1. The molecule has 0 amide bonds. The zero-order valence-electron chi connectivity index (χ0n) is 28.5. The van der Waals surface area contributed by atoms with E-state index in [-0.39, 0.29) is 42.1 Å². The van der Waals surface area contributed by atoms with Crippen LogP contribution in [-0.4, -0.2) is 46.8 Å². The molecule has 1 aromatic heterocycles. The van der Waals surface area contributed by atoms with Crippen molar-refractivity contribution in [3.63, 3.8) is 0 Å². The fourth-order valence-electron chi connectivity index (χ4n) is 5.40. The number of ether oxygens (including phenoxy) is 5. The standard InChI is InChI=1S/C35H34N4O11S/c1-7-47-29-15-21(9-12-27(29)50-25-14-11-23(38(42)43)18-24(25)39(44)45)16-30-33(40)37-32(22-10-13-26(49-19(3)4)28(17-22)46-6)31(34(41)48-8-2)20(5)36-35(37)51-30/h9-19,32H,7-8H2,1-6H3/b30-16+/t32-/m0/s1. The Kier molecular flexibility index (Phi) is 10.8. The van der Waals surface area contributed by atoms with Crippen LogP contribution in [0.15, 0.2) is 75.7 Å². The van der Waals surface area contributed by atoms with Gasteiger partial charge in [-0.3, -0.25) is 29.6 Å². The summed E-state index contributed by atoms with van der Waals surface area (Å²) >= 11 is 1.13. The minimum absolute atomic E-state index is 0.112. The Bertz CT molecular complexity index is 2240. The van der Waals surface area contributed by atoms with Crippen LogP contribution >= 0.6 is 11.3 Å². The summed E-state index contributed by atoms with van der Waals surface area (Å²) < 4.78 is 30.2. The first-order valence-electron chi connectivity index (χ1n) is 15.8. The molecule has 0 aliphatic carbocycles. The number of hydrogen-bond donors (Lipinski definition) is 0. The molecule has 2 heterocycles. The van der Waals surface area contributed by atoms with Gasteiger partial charge in [0.15, 0.2) is 27.8 Å². The lowest BCUT2D eigenvalue weighted by Crippen LogP contribution is -2.40. The number of carbonyl (C=O) groups excluding carboxylic acids is 1. The molecule has 0 saturated carbocycles. The van der Waals surface area contributed by atoms with Crippen LogP contribution in [0.5, 0.6) is 28.7 Å². The minimum atomic E-state index is -0.892. The molecule has 0 fully saturated rings. The van der Waals surface area contributed by atoms with Gasteiger partial charge in [-0.05, 0) is 82.2 Å². The van der Waals surface area contributed by atoms with Crippen molar-refractivity contribution in [2.75, 3.05) is 20.3 Å². The van der Waals surface area contributed by atoms with E-state index in [2.05, 4.69) is 4.99 Å². The van der Waals surface area contributed by atoms with E-state index in [1.165, 1.54) is 17.7 Å². The van der Waals surface area contributed by atoms with E-state index in [4.69, 9.17) is 23.7 Å². The number of methoxy groups -OCH3 is 1. The predicted molar refractivity (Wildman–Crippen MR) is 187 cm³/mol. The second kappa shape index (κ2) is 15.2. The molecule has 51 heavy (non-hydrogen) atoms. The zero-order chi connectivity index (χ0) is 37.0. The van der Waals surface area contributed by atoms with Gasteiger partial charge in [-0.25, -0.2) is 9.79 Å². The number of hydrogen-bond acceptors (Lipinski definition) is 13. The van der Waals surface area contributed by atoms with Gasteiger partial charge in [0, 0.05) is 6.07 Å². The quantitative estimate of drug-likeness (QED) is 0.0952. The van der Waals surface area contributed by atoms with Gasteiger partial charge in [0.25, 0.3) is 11.2 Å². The molecule has 1 aliphatic rings. The van der Waals surface area contributed by atoms with Crippen molar-refractivity contribution in [1.82, 2.24) is 4.57 Å². The number of aromatic nitrogens is 1. The Morgan fingerprint density at radius 1 is 0.961 bits per heavy atom. The first-order valence-corrected chi connectivity index (χ1v) is 16.6. The molecular formula is C35H34N4O11S. The van der Waals surface area contributed by atoms with Crippen molar-refractivity contribution in [1.29, 1.82) is 0 Å². The van der Waals surface area contributed by atoms with Crippen LogP contribution in [0.4, 0.5) is 11.4 Å². The van der Waals surface area contributed by atoms with Gasteiger partial charge < -0.3 is 23.7 Å². The number of nitro benzene ring substituents is 2.